The van der Waals surface area contributed by atoms with Crippen LogP contribution in [0.15, 0.2) is 0 Å². The summed E-state index contributed by atoms with van der Waals surface area (Å²) in [5, 5.41) is 3.38. The molecule has 0 bridgehead atoms. The van der Waals surface area contributed by atoms with E-state index >= 15 is 0 Å². The minimum atomic E-state index is 0.0753. The highest BCUT2D eigenvalue weighted by atomic mass is 16.5. The summed E-state index contributed by atoms with van der Waals surface area (Å²) in [6, 6.07) is 0.637. The van der Waals surface area contributed by atoms with E-state index in [0.29, 0.717) is 6.04 Å². The fraction of sp³-hybridized carbons (Fsp3) is 1.00. The first kappa shape index (κ1) is 9.44. The molecule has 3 heteroatoms. The molecule has 0 radical (unpaired) electrons. The Balaban J connectivity index is 2.06. The molecule has 0 amide bonds. The second-order valence-corrected chi connectivity index (χ2v) is 4.18. The van der Waals surface area contributed by atoms with Gasteiger partial charge in [-0.2, -0.15) is 0 Å². The van der Waals surface area contributed by atoms with Crippen LogP contribution in [0, 0.1) is 0 Å². The summed E-state index contributed by atoms with van der Waals surface area (Å²) in [5.74, 6) is 0. The number of rotatable bonds is 1. The van der Waals surface area contributed by atoms with E-state index < -0.39 is 0 Å². The molecule has 1 atom stereocenters. The summed E-state index contributed by atoms with van der Waals surface area (Å²) in [6.45, 7) is 5.36. The molecule has 0 aliphatic carbocycles. The largest absolute Gasteiger partial charge is 0.359 e. The molecule has 2 saturated heterocycles. The molecule has 3 nitrogen and oxygen atoms in total. The minimum absolute atomic E-state index is 0.0753. The second kappa shape index (κ2) is 3.56. The van der Waals surface area contributed by atoms with Crippen molar-refractivity contribution in [3.8, 4) is 0 Å². The Morgan fingerprint density at radius 1 is 1.46 bits per heavy atom. The van der Waals surface area contributed by atoms with Gasteiger partial charge in [0.2, 0.25) is 0 Å². The fourth-order valence-corrected chi connectivity index (χ4v) is 2.50. The zero-order chi connectivity index (χ0) is 9.31. The lowest BCUT2D eigenvalue weighted by molar-refractivity contribution is -0.0949. The Labute approximate surface area is 80.4 Å². The van der Waals surface area contributed by atoms with Crippen LogP contribution in [-0.4, -0.2) is 43.4 Å². The normalized spacial score (nSPS) is 34.2. The molecule has 2 heterocycles. The van der Waals surface area contributed by atoms with Crippen LogP contribution in [0.1, 0.15) is 26.2 Å². The van der Waals surface area contributed by atoms with E-state index in [1.807, 2.05) is 0 Å². The van der Waals surface area contributed by atoms with Gasteiger partial charge >= 0.3 is 0 Å². The molecular formula is C10H20N2O. The van der Waals surface area contributed by atoms with Crippen molar-refractivity contribution in [2.75, 3.05) is 26.7 Å². The second-order valence-electron chi connectivity index (χ2n) is 4.18. The molecule has 0 aromatic heterocycles. The number of nitrogens with zero attached hydrogens (tertiary/aromatic N) is 1. The van der Waals surface area contributed by atoms with Gasteiger partial charge in [-0.05, 0) is 26.6 Å². The standard InChI is InChI=1S/C10H20N2O/c1-3-9-8-13-10(12(9)2)4-6-11-7-5-10/h9,11H,3-8H2,1-2H3. The molecular weight excluding hydrogens is 164 g/mol. The van der Waals surface area contributed by atoms with Gasteiger partial charge in [0.15, 0.2) is 0 Å². The van der Waals surface area contributed by atoms with Crippen molar-refractivity contribution in [3.63, 3.8) is 0 Å². The van der Waals surface area contributed by atoms with Crippen LogP contribution in [0.3, 0.4) is 0 Å². The number of nitrogens with one attached hydrogen (secondary N) is 1. The van der Waals surface area contributed by atoms with Crippen molar-refractivity contribution in [2.45, 2.75) is 38.0 Å². The SMILES string of the molecule is CCC1COC2(CCNCC2)N1C. The van der Waals surface area contributed by atoms with Crippen molar-refractivity contribution < 1.29 is 4.74 Å². The Kier molecular flexibility index (Phi) is 2.58. The van der Waals surface area contributed by atoms with Crippen molar-refractivity contribution in [1.29, 1.82) is 0 Å². The average Bonchev–Trinajstić information content (AvgIpc) is 2.47. The molecule has 1 unspecified atom stereocenters. The smallest absolute Gasteiger partial charge is 0.124 e. The Morgan fingerprint density at radius 2 is 2.15 bits per heavy atom. The van der Waals surface area contributed by atoms with Crippen LogP contribution in [0.2, 0.25) is 0 Å². The summed E-state index contributed by atoms with van der Waals surface area (Å²) in [4.78, 5) is 2.45. The number of hydrogen-bond acceptors (Lipinski definition) is 3. The third kappa shape index (κ3) is 1.49. The molecule has 1 N–H and O–H groups in total. The average molecular weight is 184 g/mol. The first-order valence-electron chi connectivity index (χ1n) is 5.36. The minimum Gasteiger partial charge on any atom is -0.359 e. The van der Waals surface area contributed by atoms with Crippen LogP contribution < -0.4 is 5.32 Å². The van der Waals surface area contributed by atoms with Crippen LogP contribution in [-0.2, 0) is 4.74 Å². The molecule has 0 aromatic carbocycles. The predicted octanol–water partition coefficient (Wildman–Crippen LogP) is 0.807. The molecule has 76 valence electrons. The number of likely N-dealkylation sites (N-methyl/N-ethyl adjacent to an activating group) is 1. The van der Waals surface area contributed by atoms with Gasteiger partial charge in [0.05, 0.1) is 6.61 Å². The Hall–Kier alpha value is -0.120. The van der Waals surface area contributed by atoms with Crippen LogP contribution >= 0.6 is 0 Å². The highest BCUT2D eigenvalue weighted by Gasteiger charge is 2.44. The van der Waals surface area contributed by atoms with Gasteiger partial charge in [-0.3, -0.25) is 4.90 Å². The van der Waals surface area contributed by atoms with E-state index in [1.165, 1.54) is 6.42 Å². The summed E-state index contributed by atoms with van der Waals surface area (Å²) in [7, 11) is 2.21. The summed E-state index contributed by atoms with van der Waals surface area (Å²) in [5.41, 5.74) is 0.0753. The fourth-order valence-electron chi connectivity index (χ4n) is 2.50. The van der Waals surface area contributed by atoms with Crippen LogP contribution in [0.4, 0.5) is 0 Å². The quantitative estimate of drug-likeness (QED) is 0.652. The van der Waals surface area contributed by atoms with Gasteiger partial charge in [0, 0.05) is 18.9 Å². The monoisotopic (exact) mass is 184 g/mol. The molecule has 2 aliphatic heterocycles. The molecule has 1 spiro atoms. The van der Waals surface area contributed by atoms with E-state index in [9.17, 15) is 0 Å². The molecule has 2 aliphatic rings. The number of piperidine rings is 1. The molecule has 2 fully saturated rings. The lowest BCUT2D eigenvalue weighted by atomic mass is 10.00. The van der Waals surface area contributed by atoms with E-state index in [0.717, 1.165) is 32.5 Å². The third-order valence-electron chi connectivity index (χ3n) is 3.59. The zero-order valence-electron chi connectivity index (χ0n) is 8.68. The first-order valence-corrected chi connectivity index (χ1v) is 5.36. The zero-order valence-corrected chi connectivity index (χ0v) is 8.68. The Bertz CT molecular complexity index is 178. The summed E-state index contributed by atoms with van der Waals surface area (Å²) >= 11 is 0. The van der Waals surface area contributed by atoms with Crippen LogP contribution in [0.5, 0.6) is 0 Å². The number of ether oxygens (including phenoxy) is 1. The van der Waals surface area contributed by atoms with Gasteiger partial charge in [-0.25, -0.2) is 0 Å². The summed E-state index contributed by atoms with van der Waals surface area (Å²) < 4.78 is 5.98. The molecule has 13 heavy (non-hydrogen) atoms. The van der Waals surface area contributed by atoms with Crippen molar-refractivity contribution >= 4 is 0 Å². The summed E-state index contributed by atoms with van der Waals surface area (Å²) in [6.07, 6.45) is 3.48. The third-order valence-corrected chi connectivity index (χ3v) is 3.59. The first-order chi connectivity index (χ1) is 6.28. The van der Waals surface area contributed by atoms with Crippen molar-refractivity contribution in [2.24, 2.45) is 0 Å². The molecule has 2 rings (SSSR count). The van der Waals surface area contributed by atoms with E-state index in [-0.39, 0.29) is 5.72 Å². The molecule has 0 saturated carbocycles. The number of hydrogen-bond donors (Lipinski definition) is 1. The van der Waals surface area contributed by atoms with Gasteiger partial charge in [-0.15, -0.1) is 0 Å². The highest BCUT2D eigenvalue weighted by Crippen LogP contribution is 2.34. The lowest BCUT2D eigenvalue weighted by Gasteiger charge is -2.39. The van der Waals surface area contributed by atoms with Gasteiger partial charge in [0.25, 0.3) is 0 Å². The van der Waals surface area contributed by atoms with Gasteiger partial charge < -0.3 is 10.1 Å². The van der Waals surface area contributed by atoms with E-state index in [2.05, 4.69) is 24.2 Å². The maximum absolute atomic E-state index is 5.98. The predicted molar refractivity (Wildman–Crippen MR) is 52.6 cm³/mol. The van der Waals surface area contributed by atoms with Gasteiger partial charge in [0.1, 0.15) is 5.72 Å². The lowest BCUT2D eigenvalue weighted by Crippen LogP contribution is -2.52. The molecule has 0 aromatic rings. The highest BCUT2D eigenvalue weighted by molar-refractivity contribution is 4.93. The van der Waals surface area contributed by atoms with Crippen molar-refractivity contribution in [3.05, 3.63) is 0 Å². The van der Waals surface area contributed by atoms with Crippen molar-refractivity contribution in [1.82, 2.24) is 10.2 Å². The van der Waals surface area contributed by atoms with E-state index in [4.69, 9.17) is 4.74 Å². The Morgan fingerprint density at radius 3 is 2.69 bits per heavy atom. The van der Waals surface area contributed by atoms with Gasteiger partial charge in [-0.1, -0.05) is 6.92 Å². The maximum atomic E-state index is 5.98. The van der Waals surface area contributed by atoms with E-state index in [1.54, 1.807) is 0 Å². The van der Waals surface area contributed by atoms with Crippen LogP contribution in [0.25, 0.3) is 0 Å². The maximum Gasteiger partial charge on any atom is 0.124 e. The topological polar surface area (TPSA) is 24.5 Å².